The second kappa shape index (κ2) is 40.1. The van der Waals surface area contributed by atoms with Crippen LogP contribution in [-0.4, -0.2) is 95.6 Å². The van der Waals surface area contributed by atoms with E-state index >= 15 is 0 Å². The molecular weight excluding hydrogens is 835 g/mol. The topological polar surface area (TPSA) is 78.9 Å². The summed E-state index contributed by atoms with van der Waals surface area (Å²) >= 11 is 0. The van der Waals surface area contributed by atoms with Crippen LogP contribution in [-0.2, 0) is 34.0 Å². The number of benzene rings is 3. The Morgan fingerprint density at radius 2 is 0.612 bits per heavy atom. The molecule has 0 spiro atoms. The quantitative estimate of drug-likeness (QED) is 0.259. The van der Waals surface area contributed by atoms with Crippen molar-refractivity contribution < 1.29 is 33.5 Å². The fourth-order valence-corrected chi connectivity index (χ4v) is 9.57. The van der Waals surface area contributed by atoms with E-state index in [-0.39, 0.29) is 0 Å². The molecule has 0 saturated carbocycles. The zero-order chi connectivity index (χ0) is 46.8. The summed E-state index contributed by atoms with van der Waals surface area (Å²) < 4.78 is 35.9. The van der Waals surface area contributed by atoms with E-state index in [2.05, 4.69) is 95.9 Å². The highest BCUT2D eigenvalue weighted by Crippen LogP contribution is 2.42. The molecule has 0 aliphatic carbocycles. The van der Waals surface area contributed by atoms with Gasteiger partial charge in [0.05, 0.1) is 31.5 Å². The van der Waals surface area contributed by atoms with E-state index in [1.165, 1.54) is 158 Å². The number of aliphatic hydroxyl groups is 1. The predicted molar refractivity (Wildman–Crippen MR) is 277 cm³/mol. The number of aliphatic hydroxyl groups excluding tert-OH is 1. The van der Waals surface area contributed by atoms with E-state index < -0.39 is 11.6 Å². The standard InChI is InChI=1S/C59H95NO7/c61-58-42-49-62-45-32-19-15-11-7-3-1-5-9-13-17-21-34-47-64-53-66-50-43-60(59(55-36-26-23-27-37-55,56-38-28-24-29-39-56)57-40-30-25-31-41-57)44-51-67-54-65-48-35-22-18-14-10-6-2-4-8-12-16-20-33-46-63-52-58/h23-31,36-41,58,61H,1-22,32-35,42-54H2. The van der Waals surface area contributed by atoms with Gasteiger partial charge in [0, 0.05) is 46.1 Å². The Labute approximate surface area is 409 Å². The summed E-state index contributed by atoms with van der Waals surface area (Å²) in [7, 11) is 0. The molecule has 1 unspecified atom stereocenters. The molecule has 0 amide bonds. The van der Waals surface area contributed by atoms with E-state index in [0.717, 1.165) is 52.1 Å². The minimum atomic E-state index is -0.555. The van der Waals surface area contributed by atoms with Gasteiger partial charge in [-0.15, -0.1) is 0 Å². The van der Waals surface area contributed by atoms with Crippen LogP contribution in [0, 0.1) is 0 Å². The first-order valence-electron chi connectivity index (χ1n) is 27.4. The lowest BCUT2D eigenvalue weighted by molar-refractivity contribution is -0.0754. The first kappa shape index (κ1) is 56.9. The molecule has 0 radical (unpaired) electrons. The Morgan fingerprint density at radius 1 is 0.328 bits per heavy atom. The maximum absolute atomic E-state index is 10.2. The molecule has 1 heterocycles. The number of nitrogens with zero attached hydrogens (tertiary/aromatic N) is 1. The maximum atomic E-state index is 10.2. The van der Waals surface area contributed by atoms with Gasteiger partial charge in [-0.05, 0) is 48.8 Å². The molecule has 3 aromatic carbocycles. The summed E-state index contributed by atoms with van der Waals surface area (Å²) in [4.78, 5) is 2.53. The Bertz CT molecular complexity index is 1400. The number of rotatable bonds is 4. The lowest BCUT2D eigenvalue weighted by Gasteiger charge is -2.45. The van der Waals surface area contributed by atoms with Gasteiger partial charge in [0.2, 0.25) is 0 Å². The van der Waals surface area contributed by atoms with Crippen LogP contribution in [0.1, 0.15) is 190 Å². The summed E-state index contributed by atoms with van der Waals surface area (Å²) in [6.07, 6.45) is 33.4. The van der Waals surface area contributed by atoms with Crippen LogP contribution in [0.2, 0.25) is 0 Å². The minimum Gasteiger partial charge on any atom is -0.391 e. The van der Waals surface area contributed by atoms with Crippen molar-refractivity contribution in [3.05, 3.63) is 108 Å². The van der Waals surface area contributed by atoms with Gasteiger partial charge in [0.15, 0.2) is 0 Å². The molecule has 1 N–H and O–H groups in total. The SMILES string of the molecule is OC1CCOCCCCCCCCCCCCCCCOCOCCN(C(c2ccccc2)(c2ccccc2)c2ccccc2)CCOCOCCCCCCCCCCCCCCCOC1. The van der Waals surface area contributed by atoms with Crippen LogP contribution in [0.3, 0.4) is 0 Å². The van der Waals surface area contributed by atoms with Crippen molar-refractivity contribution in [2.75, 3.05) is 79.5 Å². The van der Waals surface area contributed by atoms with Crippen LogP contribution in [0.15, 0.2) is 91.0 Å². The van der Waals surface area contributed by atoms with Crippen LogP contribution in [0.5, 0.6) is 0 Å². The third-order valence-electron chi connectivity index (χ3n) is 13.5. The first-order chi connectivity index (χ1) is 33.3. The van der Waals surface area contributed by atoms with Crippen molar-refractivity contribution in [1.82, 2.24) is 4.90 Å². The average Bonchev–Trinajstić information content (AvgIpc) is 3.36. The fourth-order valence-electron chi connectivity index (χ4n) is 9.57. The largest absolute Gasteiger partial charge is 0.391 e. The van der Waals surface area contributed by atoms with Crippen LogP contribution in [0.25, 0.3) is 0 Å². The smallest absolute Gasteiger partial charge is 0.146 e. The fraction of sp³-hybridized carbons (Fsp3) is 0.695. The van der Waals surface area contributed by atoms with E-state index in [9.17, 15) is 5.11 Å². The molecule has 8 heteroatoms. The van der Waals surface area contributed by atoms with Crippen LogP contribution < -0.4 is 0 Å². The van der Waals surface area contributed by atoms with Gasteiger partial charge in [-0.2, -0.15) is 0 Å². The van der Waals surface area contributed by atoms with Gasteiger partial charge < -0.3 is 33.5 Å². The summed E-state index contributed by atoms with van der Waals surface area (Å²) in [5.41, 5.74) is 3.08. The normalized spacial score (nSPS) is 21.9. The number of ether oxygens (including phenoxy) is 6. The monoisotopic (exact) mass is 930 g/mol. The van der Waals surface area contributed by atoms with Crippen molar-refractivity contribution in [3.63, 3.8) is 0 Å². The molecule has 1 aliphatic rings. The highest BCUT2D eigenvalue weighted by Gasteiger charge is 2.41. The average molecular weight is 930 g/mol. The zero-order valence-electron chi connectivity index (χ0n) is 42.2. The lowest BCUT2D eigenvalue weighted by Crippen LogP contribution is -2.50. The van der Waals surface area contributed by atoms with E-state index in [1.807, 2.05) is 0 Å². The van der Waals surface area contributed by atoms with Gasteiger partial charge in [0.25, 0.3) is 0 Å². The number of hydrogen-bond donors (Lipinski definition) is 1. The van der Waals surface area contributed by atoms with Gasteiger partial charge in [-0.1, -0.05) is 232 Å². The summed E-state index contributed by atoms with van der Waals surface area (Å²) in [6.45, 7) is 7.20. The molecule has 1 atom stereocenters. The van der Waals surface area contributed by atoms with Crippen molar-refractivity contribution in [2.45, 2.75) is 185 Å². The van der Waals surface area contributed by atoms with Crippen LogP contribution >= 0.6 is 0 Å². The highest BCUT2D eigenvalue weighted by molar-refractivity contribution is 5.49. The van der Waals surface area contributed by atoms with Gasteiger partial charge in [-0.25, -0.2) is 0 Å². The van der Waals surface area contributed by atoms with Crippen LogP contribution in [0.4, 0.5) is 0 Å². The van der Waals surface area contributed by atoms with Gasteiger partial charge in [-0.3, -0.25) is 4.90 Å². The molecule has 4 rings (SSSR count). The lowest BCUT2D eigenvalue weighted by atomic mass is 9.75. The second-order valence-corrected chi connectivity index (χ2v) is 19.0. The molecule has 8 nitrogen and oxygen atoms in total. The first-order valence-corrected chi connectivity index (χ1v) is 27.4. The summed E-state index contributed by atoms with van der Waals surface area (Å²) in [5.74, 6) is 0. The van der Waals surface area contributed by atoms with Crippen molar-refractivity contribution in [3.8, 4) is 0 Å². The predicted octanol–water partition coefficient (Wildman–Crippen LogP) is 14.2. The number of hydrogen-bond acceptors (Lipinski definition) is 8. The molecule has 378 valence electrons. The highest BCUT2D eigenvalue weighted by atomic mass is 16.7. The van der Waals surface area contributed by atoms with Crippen molar-refractivity contribution in [1.29, 1.82) is 0 Å². The maximum Gasteiger partial charge on any atom is 0.146 e. The Kier molecular flexibility index (Phi) is 34.1. The second-order valence-electron chi connectivity index (χ2n) is 19.0. The molecular formula is C59H95NO7. The van der Waals surface area contributed by atoms with E-state index in [1.54, 1.807) is 0 Å². The molecule has 3 aromatic rings. The molecule has 1 fully saturated rings. The molecule has 1 saturated heterocycles. The third-order valence-corrected chi connectivity index (χ3v) is 13.5. The molecule has 67 heavy (non-hydrogen) atoms. The molecule has 1 aliphatic heterocycles. The van der Waals surface area contributed by atoms with E-state index in [0.29, 0.717) is 59.5 Å². The zero-order valence-corrected chi connectivity index (χ0v) is 42.2. The Morgan fingerprint density at radius 3 is 0.955 bits per heavy atom. The summed E-state index contributed by atoms with van der Waals surface area (Å²) in [6, 6.07) is 32.7. The van der Waals surface area contributed by atoms with Crippen molar-refractivity contribution >= 4 is 0 Å². The van der Waals surface area contributed by atoms with Gasteiger partial charge >= 0.3 is 0 Å². The van der Waals surface area contributed by atoms with E-state index in [4.69, 9.17) is 28.4 Å². The van der Waals surface area contributed by atoms with Gasteiger partial charge in [0.1, 0.15) is 13.6 Å². The molecule has 0 aromatic heterocycles. The minimum absolute atomic E-state index is 0.307. The Balaban J connectivity index is 1.22. The molecule has 0 bridgehead atoms. The third kappa shape index (κ3) is 25.7. The summed E-state index contributed by atoms with van der Waals surface area (Å²) in [5, 5.41) is 10.2. The Hall–Kier alpha value is -2.66. The van der Waals surface area contributed by atoms with Crippen molar-refractivity contribution in [2.24, 2.45) is 0 Å².